The zero-order chi connectivity index (χ0) is 11.0. The Morgan fingerprint density at radius 1 is 1.36 bits per heavy atom. The van der Waals surface area contributed by atoms with E-state index in [1.54, 1.807) is 6.92 Å². The van der Waals surface area contributed by atoms with E-state index < -0.39 is 11.4 Å². The van der Waals surface area contributed by atoms with Gasteiger partial charge in [-0.3, -0.25) is 4.79 Å². The average Bonchev–Trinajstić information content (AvgIpc) is 2.17. The van der Waals surface area contributed by atoms with Gasteiger partial charge in [-0.05, 0) is 19.8 Å². The van der Waals surface area contributed by atoms with Crippen LogP contribution in [-0.4, -0.2) is 18.9 Å². The summed E-state index contributed by atoms with van der Waals surface area (Å²) < 4.78 is 4.84. The summed E-state index contributed by atoms with van der Waals surface area (Å²) in [6.45, 7) is 9.00. The molecule has 0 aromatic heterocycles. The van der Waals surface area contributed by atoms with E-state index in [4.69, 9.17) is 4.74 Å². The van der Waals surface area contributed by atoms with Crippen molar-refractivity contribution in [1.82, 2.24) is 0 Å². The average molecular weight is 196 g/mol. The normalized spacial score (nSPS) is 10.4. The maximum atomic E-state index is 11.5. The Labute approximate surface area is 84.4 Å². The SMILES string of the molecule is C=CCC(C=O)(CC=C)C(=O)OCC. The second kappa shape index (κ2) is 6.13. The van der Waals surface area contributed by atoms with Crippen molar-refractivity contribution in [2.45, 2.75) is 19.8 Å². The van der Waals surface area contributed by atoms with E-state index in [1.807, 2.05) is 0 Å². The molecular formula is C11H16O3. The molecule has 0 spiro atoms. The van der Waals surface area contributed by atoms with Crippen molar-refractivity contribution in [2.24, 2.45) is 5.41 Å². The molecule has 0 heterocycles. The third-order valence-electron chi connectivity index (χ3n) is 1.92. The van der Waals surface area contributed by atoms with Gasteiger partial charge in [-0.25, -0.2) is 0 Å². The number of carbonyl (C=O) groups is 2. The molecular weight excluding hydrogens is 180 g/mol. The lowest BCUT2D eigenvalue weighted by atomic mass is 9.83. The van der Waals surface area contributed by atoms with Gasteiger partial charge in [-0.2, -0.15) is 0 Å². The van der Waals surface area contributed by atoms with E-state index in [1.165, 1.54) is 12.2 Å². The standard InChI is InChI=1S/C11H16O3/c1-4-7-11(9-12,8-5-2)10(13)14-6-3/h4-5,9H,1-2,6-8H2,3H3. The molecule has 0 fully saturated rings. The molecule has 3 heteroatoms. The van der Waals surface area contributed by atoms with Gasteiger partial charge in [0.1, 0.15) is 11.7 Å². The Kier molecular flexibility index (Phi) is 5.53. The molecule has 0 unspecified atom stereocenters. The van der Waals surface area contributed by atoms with Crippen LogP contribution in [0.3, 0.4) is 0 Å². The summed E-state index contributed by atoms with van der Waals surface area (Å²) in [5, 5.41) is 0. The molecule has 0 aliphatic heterocycles. The molecule has 0 atom stereocenters. The summed E-state index contributed by atoms with van der Waals surface area (Å²) in [5.41, 5.74) is -1.13. The van der Waals surface area contributed by atoms with Crippen LogP contribution in [0.1, 0.15) is 19.8 Å². The molecule has 0 amide bonds. The lowest BCUT2D eigenvalue weighted by Crippen LogP contribution is -2.33. The maximum absolute atomic E-state index is 11.5. The van der Waals surface area contributed by atoms with Gasteiger partial charge in [0.15, 0.2) is 0 Å². The highest BCUT2D eigenvalue weighted by Gasteiger charge is 2.37. The van der Waals surface area contributed by atoms with Crippen LogP contribution in [0.4, 0.5) is 0 Å². The topological polar surface area (TPSA) is 43.4 Å². The van der Waals surface area contributed by atoms with E-state index in [0.717, 1.165) is 0 Å². The second-order valence-corrected chi connectivity index (χ2v) is 2.98. The molecule has 0 aromatic rings. The van der Waals surface area contributed by atoms with Crippen LogP contribution >= 0.6 is 0 Å². The molecule has 14 heavy (non-hydrogen) atoms. The van der Waals surface area contributed by atoms with Crippen LogP contribution in [0.25, 0.3) is 0 Å². The highest BCUT2D eigenvalue weighted by molar-refractivity contribution is 5.93. The first-order chi connectivity index (χ1) is 6.66. The fourth-order valence-corrected chi connectivity index (χ4v) is 1.18. The molecule has 0 bridgehead atoms. The molecule has 0 N–H and O–H groups in total. The Morgan fingerprint density at radius 2 is 1.86 bits per heavy atom. The lowest BCUT2D eigenvalue weighted by Gasteiger charge is -2.22. The fraction of sp³-hybridized carbons (Fsp3) is 0.455. The summed E-state index contributed by atoms with van der Waals surface area (Å²) in [5.74, 6) is -0.505. The summed E-state index contributed by atoms with van der Waals surface area (Å²) in [4.78, 5) is 22.5. The van der Waals surface area contributed by atoms with E-state index in [9.17, 15) is 9.59 Å². The van der Waals surface area contributed by atoms with Crippen LogP contribution < -0.4 is 0 Å². The quantitative estimate of drug-likeness (QED) is 0.270. The molecule has 0 saturated carbocycles. The third kappa shape index (κ3) is 2.83. The monoisotopic (exact) mass is 196 g/mol. The first-order valence-corrected chi connectivity index (χ1v) is 4.52. The summed E-state index contributed by atoms with van der Waals surface area (Å²) in [6, 6.07) is 0. The number of carbonyl (C=O) groups excluding carboxylic acids is 2. The van der Waals surface area contributed by atoms with Gasteiger partial charge in [0.25, 0.3) is 0 Å². The van der Waals surface area contributed by atoms with Crippen LogP contribution in [-0.2, 0) is 14.3 Å². The Morgan fingerprint density at radius 3 is 2.14 bits per heavy atom. The zero-order valence-corrected chi connectivity index (χ0v) is 8.49. The van der Waals surface area contributed by atoms with Crippen molar-refractivity contribution in [3.8, 4) is 0 Å². The molecule has 0 aliphatic rings. The number of allylic oxidation sites excluding steroid dienone is 2. The van der Waals surface area contributed by atoms with E-state index in [2.05, 4.69) is 13.2 Å². The smallest absolute Gasteiger partial charge is 0.319 e. The second-order valence-electron chi connectivity index (χ2n) is 2.98. The van der Waals surface area contributed by atoms with Gasteiger partial charge < -0.3 is 9.53 Å². The van der Waals surface area contributed by atoms with Crippen LogP contribution in [0, 0.1) is 5.41 Å². The predicted molar refractivity (Wildman–Crippen MR) is 54.8 cm³/mol. The third-order valence-corrected chi connectivity index (χ3v) is 1.92. The van der Waals surface area contributed by atoms with E-state index in [-0.39, 0.29) is 19.4 Å². The minimum Gasteiger partial charge on any atom is -0.465 e. The van der Waals surface area contributed by atoms with E-state index in [0.29, 0.717) is 6.29 Å². The van der Waals surface area contributed by atoms with Gasteiger partial charge >= 0.3 is 5.97 Å². The number of aldehydes is 1. The number of hydrogen-bond acceptors (Lipinski definition) is 3. The Balaban J connectivity index is 4.79. The largest absolute Gasteiger partial charge is 0.465 e. The number of esters is 1. The summed E-state index contributed by atoms with van der Waals surface area (Å²) >= 11 is 0. The lowest BCUT2D eigenvalue weighted by molar-refractivity contribution is -0.156. The first kappa shape index (κ1) is 12.6. The van der Waals surface area contributed by atoms with Crippen LogP contribution in [0.2, 0.25) is 0 Å². The number of rotatable bonds is 7. The van der Waals surface area contributed by atoms with Gasteiger partial charge in [-0.1, -0.05) is 12.2 Å². The zero-order valence-electron chi connectivity index (χ0n) is 8.49. The number of hydrogen-bond donors (Lipinski definition) is 0. The molecule has 0 aliphatic carbocycles. The van der Waals surface area contributed by atoms with Crippen molar-refractivity contribution < 1.29 is 14.3 Å². The highest BCUT2D eigenvalue weighted by atomic mass is 16.5. The molecule has 0 saturated heterocycles. The summed E-state index contributed by atoms with van der Waals surface area (Å²) in [7, 11) is 0. The number of ether oxygens (including phenoxy) is 1. The van der Waals surface area contributed by atoms with Crippen molar-refractivity contribution in [2.75, 3.05) is 6.61 Å². The van der Waals surface area contributed by atoms with Gasteiger partial charge in [0.05, 0.1) is 6.61 Å². The molecule has 0 rings (SSSR count). The predicted octanol–water partition coefficient (Wildman–Crippen LogP) is 1.89. The first-order valence-electron chi connectivity index (χ1n) is 4.52. The van der Waals surface area contributed by atoms with Gasteiger partial charge in [-0.15, -0.1) is 13.2 Å². The molecule has 0 radical (unpaired) electrons. The van der Waals surface area contributed by atoms with Gasteiger partial charge in [0.2, 0.25) is 0 Å². The van der Waals surface area contributed by atoms with Crippen LogP contribution in [0.15, 0.2) is 25.3 Å². The van der Waals surface area contributed by atoms with Crippen molar-refractivity contribution in [3.63, 3.8) is 0 Å². The van der Waals surface area contributed by atoms with Crippen molar-refractivity contribution in [1.29, 1.82) is 0 Å². The fourth-order valence-electron chi connectivity index (χ4n) is 1.18. The van der Waals surface area contributed by atoms with E-state index >= 15 is 0 Å². The van der Waals surface area contributed by atoms with Crippen molar-refractivity contribution >= 4 is 12.3 Å². The maximum Gasteiger partial charge on any atom is 0.319 e. The molecule has 3 nitrogen and oxygen atoms in total. The highest BCUT2D eigenvalue weighted by Crippen LogP contribution is 2.26. The Bertz CT molecular complexity index is 221. The molecule has 78 valence electrons. The minimum atomic E-state index is -1.13. The van der Waals surface area contributed by atoms with Crippen molar-refractivity contribution in [3.05, 3.63) is 25.3 Å². The molecule has 0 aromatic carbocycles. The minimum absolute atomic E-state index is 0.267. The Hall–Kier alpha value is -1.38. The summed E-state index contributed by atoms with van der Waals surface area (Å²) in [6.07, 6.45) is 4.25. The van der Waals surface area contributed by atoms with Crippen LogP contribution in [0.5, 0.6) is 0 Å². The van der Waals surface area contributed by atoms with Gasteiger partial charge in [0, 0.05) is 0 Å².